The number of nitrogens with two attached hydrogens (primary N) is 1. The number of aliphatic carboxylic acids is 1. The summed E-state index contributed by atoms with van der Waals surface area (Å²) in [4.78, 5) is 34.3. The second-order valence-corrected chi connectivity index (χ2v) is 6.07. The Morgan fingerprint density at radius 2 is 2.09 bits per heavy atom. The third-order valence-electron chi connectivity index (χ3n) is 2.32. The van der Waals surface area contributed by atoms with Crippen molar-refractivity contribution >= 4 is 29.1 Å². The summed E-state index contributed by atoms with van der Waals surface area (Å²) < 4.78 is 0. The normalized spacial score (nSPS) is 12.0. The summed E-state index contributed by atoms with van der Waals surface area (Å²) in [7, 11) is 0. The summed E-state index contributed by atoms with van der Waals surface area (Å²) in [6.07, 6.45) is -0.551. The second-order valence-electron chi connectivity index (χ2n) is 4.99. The van der Waals surface area contributed by atoms with Gasteiger partial charge in [-0.15, -0.1) is 11.3 Å². The van der Waals surface area contributed by atoms with Gasteiger partial charge in [-0.3, -0.25) is 9.59 Å². The Labute approximate surface area is 131 Å². The topological polar surface area (TPSA) is 133 Å². The highest BCUT2D eigenvalue weighted by Gasteiger charge is 2.18. The Balaban J connectivity index is 2.81. The average Bonchev–Trinajstić information content (AvgIpc) is 2.82. The van der Waals surface area contributed by atoms with Gasteiger partial charge in [0.2, 0.25) is 5.91 Å². The highest BCUT2D eigenvalue weighted by atomic mass is 32.1. The minimum absolute atomic E-state index is 0.218. The third kappa shape index (κ3) is 5.95. The number of amides is 2. The van der Waals surface area contributed by atoms with Crippen molar-refractivity contribution in [2.24, 2.45) is 5.73 Å². The fraction of sp³-hybridized carbons (Fsp3) is 0.357. The Morgan fingerprint density at radius 3 is 2.59 bits per heavy atom. The third-order valence-corrected chi connectivity index (χ3v) is 3.32. The molecule has 0 unspecified atom stereocenters. The maximum atomic E-state index is 11.9. The van der Waals surface area contributed by atoms with Gasteiger partial charge in [0.25, 0.3) is 5.91 Å². The van der Waals surface area contributed by atoms with Crippen molar-refractivity contribution in [3.63, 3.8) is 0 Å². The zero-order chi connectivity index (χ0) is 16.9. The van der Waals surface area contributed by atoms with Crippen LogP contribution in [0.25, 0.3) is 0 Å². The van der Waals surface area contributed by atoms with Gasteiger partial charge >= 0.3 is 0 Å². The fourth-order valence-corrected chi connectivity index (χ4v) is 2.13. The summed E-state index contributed by atoms with van der Waals surface area (Å²) in [5.74, 6) is 2.17. The number of nitrogens with one attached hydrogen (secondary N) is 1. The molecule has 1 aromatic heterocycles. The highest BCUT2D eigenvalue weighted by Crippen LogP contribution is 2.16. The lowest BCUT2D eigenvalue weighted by Crippen LogP contribution is -2.49. The smallest absolute Gasteiger partial charge is 0.261 e. The van der Waals surface area contributed by atoms with E-state index >= 15 is 0 Å². The summed E-state index contributed by atoms with van der Waals surface area (Å²) in [5, 5.41) is 22.5. The number of primary amides is 1. The van der Waals surface area contributed by atoms with Crippen LogP contribution in [0.1, 0.15) is 34.8 Å². The lowest BCUT2D eigenvalue weighted by molar-refractivity contribution is -0.308. The van der Waals surface area contributed by atoms with E-state index in [0.29, 0.717) is 4.88 Å². The van der Waals surface area contributed by atoms with E-state index in [2.05, 4.69) is 17.2 Å². The molecule has 0 radical (unpaired) electrons. The molecule has 0 aliphatic carbocycles. The summed E-state index contributed by atoms with van der Waals surface area (Å²) in [6, 6.07) is 1.55. The first-order valence-corrected chi connectivity index (χ1v) is 7.05. The van der Waals surface area contributed by atoms with E-state index in [1.165, 1.54) is 19.9 Å². The molecule has 0 fully saturated rings. The second kappa shape index (κ2) is 7.06. The van der Waals surface area contributed by atoms with Gasteiger partial charge < -0.3 is 26.1 Å². The first-order valence-electron chi connectivity index (χ1n) is 6.24. The number of carboxylic acid groups (broad SMARTS) is 1. The molecule has 1 rings (SSSR count). The van der Waals surface area contributed by atoms with Gasteiger partial charge in [-0.2, -0.15) is 0 Å². The molecule has 7 nitrogen and oxygen atoms in total. The van der Waals surface area contributed by atoms with Crippen molar-refractivity contribution in [3.05, 3.63) is 21.9 Å². The summed E-state index contributed by atoms with van der Waals surface area (Å²) >= 11 is 1.03. The molecule has 0 aliphatic rings. The highest BCUT2D eigenvalue weighted by molar-refractivity contribution is 7.14. The molecule has 4 N–H and O–H groups in total. The van der Waals surface area contributed by atoms with Crippen LogP contribution in [0.3, 0.4) is 0 Å². The maximum absolute atomic E-state index is 11.9. The molecule has 1 aromatic rings. The lowest BCUT2D eigenvalue weighted by atomic mass is 10.1. The monoisotopic (exact) mass is 323 g/mol. The number of hydrogen-bond acceptors (Lipinski definition) is 6. The molecule has 0 aliphatic heterocycles. The van der Waals surface area contributed by atoms with Crippen LogP contribution in [-0.2, 0) is 9.59 Å². The SMILES string of the molecule is CC(C)(O)C#Cc1ccc(C(=O)N[C@@H](CC(N)=O)C(=O)[O-])s1. The van der Waals surface area contributed by atoms with E-state index in [-0.39, 0.29) is 4.88 Å². The molecule has 1 heterocycles. The molecule has 8 heteroatoms. The molecular formula is C14H15N2O5S-. The van der Waals surface area contributed by atoms with Crippen molar-refractivity contribution in [2.45, 2.75) is 31.9 Å². The van der Waals surface area contributed by atoms with E-state index in [9.17, 15) is 24.6 Å². The molecule has 0 saturated carbocycles. The van der Waals surface area contributed by atoms with Crippen molar-refractivity contribution in [1.82, 2.24) is 5.32 Å². The zero-order valence-corrected chi connectivity index (χ0v) is 12.8. The number of rotatable bonds is 5. The fourth-order valence-electron chi connectivity index (χ4n) is 1.37. The largest absolute Gasteiger partial charge is 0.548 e. The van der Waals surface area contributed by atoms with Crippen LogP contribution in [0.4, 0.5) is 0 Å². The van der Waals surface area contributed by atoms with E-state index in [1.807, 2.05) is 0 Å². The lowest BCUT2D eigenvalue weighted by Gasteiger charge is -2.17. The van der Waals surface area contributed by atoms with Crippen molar-refractivity contribution in [1.29, 1.82) is 0 Å². The number of thiophene rings is 1. The Hall–Kier alpha value is -2.37. The van der Waals surface area contributed by atoms with Crippen LogP contribution in [0.5, 0.6) is 0 Å². The Morgan fingerprint density at radius 1 is 1.45 bits per heavy atom. The molecule has 118 valence electrons. The predicted octanol–water partition coefficient (Wildman–Crippen LogP) is -1.41. The molecular weight excluding hydrogens is 308 g/mol. The number of carbonyl (C=O) groups excluding carboxylic acids is 3. The first-order chi connectivity index (χ1) is 10.1. The van der Waals surface area contributed by atoms with E-state index in [1.54, 1.807) is 6.07 Å². The summed E-state index contributed by atoms with van der Waals surface area (Å²) in [5.41, 5.74) is 3.75. The van der Waals surface area contributed by atoms with Crippen LogP contribution < -0.4 is 16.2 Å². The Bertz CT molecular complexity index is 648. The molecule has 22 heavy (non-hydrogen) atoms. The van der Waals surface area contributed by atoms with E-state index < -0.39 is 35.8 Å². The van der Waals surface area contributed by atoms with Gasteiger partial charge in [0.05, 0.1) is 28.2 Å². The van der Waals surface area contributed by atoms with Gasteiger partial charge in [-0.1, -0.05) is 11.8 Å². The van der Waals surface area contributed by atoms with Gasteiger partial charge in [0, 0.05) is 0 Å². The van der Waals surface area contributed by atoms with Crippen molar-refractivity contribution in [3.8, 4) is 11.8 Å². The number of carboxylic acids is 1. The van der Waals surface area contributed by atoms with Crippen LogP contribution in [-0.4, -0.2) is 34.5 Å². The van der Waals surface area contributed by atoms with Gasteiger partial charge in [0.1, 0.15) is 5.60 Å². The van der Waals surface area contributed by atoms with Crippen molar-refractivity contribution < 1.29 is 24.6 Å². The van der Waals surface area contributed by atoms with Gasteiger partial charge in [-0.25, -0.2) is 0 Å². The average molecular weight is 323 g/mol. The number of hydrogen-bond donors (Lipinski definition) is 3. The molecule has 1 atom stereocenters. The minimum Gasteiger partial charge on any atom is -0.548 e. The van der Waals surface area contributed by atoms with Crippen LogP contribution >= 0.6 is 11.3 Å². The van der Waals surface area contributed by atoms with Crippen LogP contribution in [0, 0.1) is 11.8 Å². The quantitative estimate of drug-likeness (QED) is 0.573. The molecule has 0 bridgehead atoms. The molecule has 0 saturated heterocycles. The van der Waals surface area contributed by atoms with Gasteiger partial charge in [-0.05, 0) is 26.0 Å². The maximum Gasteiger partial charge on any atom is 0.261 e. The number of aliphatic hydroxyl groups is 1. The van der Waals surface area contributed by atoms with E-state index in [4.69, 9.17) is 5.73 Å². The minimum atomic E-state index is -1.59. The molecule has 0 spiro atoms. The van der Waals surface area contributed by atoms with E-state index in [0.717, 1.165) is 11.3 Å². The first kappa shape index (κ1) is 17.7. The van der Waals surface area contributed by atoms with Crippen molar-refractivity contribution in [2.75, 3.05) is 0 Å². The predicted molar refractivity (Wildman–Crippen MR) is 77.6 cm³/mol. The standard InChI is InChI=1S/C14H16N2O5S/c1-14(2,21)6-5-8-3-4-10(22-8)12(18)16-9(13(19)20)7-11(15)17/h3-4,9,21H,7H2,1-2H3,(H2,15,17)(H,16,18)(H,19,20)/p-1/t9-/m0/s1. The van der Waals surface area contributed by atoms with Gasteiger partial charge in [0.15, 0.2) is 0 Å². The number of carbonyl (C=O) groups is 3. The molecule has 0 aromatic carbocycles. The van der Waals surface area contributed by atoms with Crippen LogP contribution in [0.2, 0.25) is 0 Å². The summed E-state index contributed by atoms with van der Waals surface area (Å²) in [6.45, 7) is 3.05. The zero-order valence-electron chi connectivity index (χ0n) is 12.0. The Kier molecular flexibility index (Phi) is 5.68. The molecule has 2 amide bonds. The van der Waals surface area contributed by atoms with Crippen LogP contribution in [0.15, 0.2) is 12.1 Å².